The zero-order valence-electron chi connectivity index (χ0n) is 10.2. The monoisotopic (exact) mass is 260 g/mol. The number of amides is 1. The summed E-state index contributed by atoms with van der Waals surface area (Å²) in [4.78, 5) is 11.5. The van der Waals surface area contributed by atoms with Crippen LogP contribution in [0.1, 0.15) is 25.7 Å². The Bertz CT molecular complexity index is 394. The van der Waals surface area contributed by atoms with E-state index in [0.717, 1.165) is 32.2 Å². The molecule has 0 bridgehead atoms. The van der Waals surface area contributed by atoms with Crippen LogP contribution in [0, 0.1) is 11.8 Å². The van der Waals surface area contributed by atoms with Gasteiger partial charge in [0.15, 0.2) is 0 Å². The number of carbonyl (C=O) groups is 1. The van der Waals surface area contributed by atoms with Crippen molar-refractivity contribution in [2.24, 2.45) is 11.8 Å². The molecule has 2 aliphatic rings. The first-order chi connectivity index (χ1) is 7.97. The standard InChI is InChI=1S/C11H20N2O3S/c1-17(15,16)13-6-2-3-9(8-13)7-10-4-5-12-11(10)14/h9-10H,2-8H2,1H3,(H,12,14). The van der Waals surface area contributed by atoms with Crippen LogP contribution in [0.4, 0.5) is 0 Å². The Morgan fingerprint density at radius 3 is 2.76 bits per heavy atom. The summed E-state index contributed by atoms with van der Waals surface area (Å²) >= 11 is 0. The van der Waals surface area contributed by atoms with E-state index in [1.165, 1.54) is 6.26 Å². The van der Waals surface area contributed by atoms with Gasteiger partial charge in [0.25, 0.3) is 0 Å². The van der Waals surface area contributed by atoms with Gasteiger partial charge in [0.05, 0.1) is 6.26 Å². The van der Waals surface area contributed by atoms with Crippen molar-refractivity contribution in [3.8, 4) is 0 Å². The van der Waals surface area contributed by atoms with Crippen LogP contribution in [-0.2, 0) is 14.8 Å². The van der Waals surface area contributed by atoms with Crippen molar-refractivity contribution in [3.05, 3.63) is 0 Å². The van der Waals surface area contributed by atoms with Gasteiger partial charge in [0.1, 0.15) is 0 Å². The minimum Gasteiger partial charge on any atom is -0.356 e. The molecule has 2 aliphatic heterocycles. The molecular weight excluding hydrogens is 240 g/mol. The third-order valence-electron chi connectivity index (χ3n) is 3.73. The quantitative estimate of drug-likeness (QED) is 0.787. The molecule has 0 aromatic carbocycles. The Labute approximate surface area is 103 Å². The second-order valence-electron chi connectivity index (χ2n) is 5.14. The highest BCUT2D eigenvalue weighted by Gasteiger charge is 2.31. The molecule has 1 N–H and O–H groups in total. The summed E-state index contributed by atoms with van der Waals surface area (Å²) in [7, 11) is -3.07. The third-order valence-corrected chi connectivity index (χ3v) is 5.00. The van der Waals surface area contributed by atoms with E-state index in [4.69, 9.17) is 0 Å². The lowest BCUT2D eigenvalue weighted by molar-refractivity contribution is -0.122. The summed E-state index contributed by atoms with van der Waals surface area (Å²) < 4.78 is 24.5. The van der Waals surface area contributed by atoms with E-state index < -0.39 is 10.0 Å². The van der Waals surface area contributed by atoms with Gasteiger partial charge in [0.2, 0.25) is 15.9 Å². The highest BCUT2D eigenvalue weighted by Crippen LogP contribution is 2.27. The van der Waals surface area contributed by atoms with Crippen molar-refractivity contribution >= 4 is 15.9 Å². The van der Waals surface area contributed by atoms with Crippen LogP contribution in [0.3, 0.4) is 0 Å². The van der Waals surface area contributed by atoms with Crippen LogP contribution in [0.25, 0.3) is 0 Å². The van der Waals surface area contributed by atoms with Crippen molar-refractivity contribution in [2.75, 3.05) is 25.9 Å². The number of sulfonamides is 1. The Morgan fingerprint density at radius 1 is 1.41 bits per heavy atom. The van der Waals surface area contributed by atoms with E-state index in [1.807, 2.05) is 0 Å². The predicted octanol–water partition coefficient (Wildman–Crippen LogP) is 0.184. The first kappa shape index (κ1) is 12.8. The molecule has 0 saturated carbocycles. The molecule has 0 aromatic rings. The smallest absolute Gasteiger partial charge is 0.223 e. The van der Waals surface area contributed by atoms with Crippen molar-refractivity contribution in [1.82, 2.24) is 9.62 Å². The second-order valence-corrected chi connectivity index (χ2v) is 7.12. The maximum Gasteiger partial charge on any atom is 0.223 e. The van der Waals surface area contributed by atoms with Crippen LogP contribution in [0.15, 0.2) is 0 Å². The normalized spacial score (nSPS) is 31.5. The minimum atomic E-state index is -3.07. The second kappa shape index (κ2) is 4.94. The zero-order valence-corrected chi connectivity index (χ0v) is 11.0. The van der Waals surface area contributed by atoms with Gasteiger partial charge in [-0.2, -0.15) is 0 Å². The number of hydrogen-bond acceptors (Lipinski definition) is 3. The molecule has 2 saturated heterocycles. The summed E-state index contributed by atoms with van der Waals surface area (Å²) in [6.45, 7) is 1.99. The van der Waals surface area contributed by atoms with Gasteiger partial charge >= 0.3 is 0 Å². The predicted molar refractivity (Wildman–Crippen MR) is 64.9 cm³/mol. The fraction of sp³-hybridized carbons (Fsp3) is 0.909. The first-order valence-electron chi connectivity index (χ1n) is 6.19. The third kappa shape index (κ3) is 3.19. The number of piperidine rings is 1. The Balaban J connectivity index is 1.91. The van der Waals surface area contributed by atoms with E-state index in [9.17, 15) is 13.2 Å². The van der Waals surface area contributed by atoms with Crippen molar-refractivity contribution in [2.45, 2.75) is 25.7 Å². The van der Waals surface area contributed by atoms with Crippen molar-refractivity contribution in [3.63, 3.8) is 0 Å². The maximum absolute atomic E-state index is 11.5. The van der Waals surface area contributed by atoms with Gasteiger partial charge in [-0.05, 0) is 31.6 Å². The van der Waals surface area contributed by atoms with Gasteiger partial charge in [-0.1, -0.05) is 0 Å². The number of nitrogens with one attached hydrogen (secondary N) is 1. The summed E-state index contributed by atoms with van der Waals surface area (Å²) in [5.74, 6) is 0.577. The number of nitrogens with zero attached hydrogens (tertiary/aromatic N) is 1. The van der Waals surface area contributed by atoms with E-state index >= 15 is 0 Å². The van der Waals surface area contributed by atoms with Crippen LogP contribution in [0.2, 0.25) is 0 Å². The van der Waals surface area contributed by atoms with Gasteiger partial charge in [-0.25, -0.2) is 12.7 Å². The van der Waals surface area contributed by atoms with Crippen LogP contribution >= 0.6 is 0 Å². The minimum absolute atomic E-state index is 0.0968. The van der Waals surface area contributed by atoms with Crippen molar-refractivity contribution < 1.29 is 13.2 Å². The molecule has 0 radical (unpaired) electrons. The molecule has 2 unspecified atom stereocenters. The fourth-order valence-electron chi connectivity index (χ4n) is 2.79. The molecule has 5 nitrogen and oxygen atoms in total. The van der Waals surface area contributed by atoms with Gasteiger partial charge in [-0.15, -0.1) is 0 Å². The number of hydrogen-bond donors (Lipinski definition) is 1. The SMILES string of the molecule is CS(=O)(=O)N1CCCC(CC2CCNC2=O)C1. The number of rotatable bonds is 3. The summed E-state index contributed by atoms with van der Waals surface area (Å²) in [6.07, 6.45) is 4.94. The molecule has 17 heavy (non-hydrogen) atoms. The molecule has 0 spiro atoms. The topological polar surface area (TPSA) is 66.5 Å². The number of carbonyl (C=O) groups excluding carboxylic acids is 1. The summed E-state index contributed by atoms with van der Waals surface area (Å²) in [5.41, 5.74) is 0. The first-order valence-corrected chi connectivity index (χ1v) is 8.04. The molecule has 0 aromatic heterocycles. The largest absolute Gasteiger partial charge is 0.356 e. The fourth-order valence-corrected chi connectivity index (χ4v) is 3.74. The van der Waals surface area contributed by atoms with E-state index in [1.54, 1.807) is 4.31 Å². The molecule has 98 valence electrons. The van der Waals surface area contributed by atoms with Crippen LogP contribution in [-0.4, -0.2) is 44.5 Å². The lowest BCUT2D eigenvalue weighted by Gasteiger charge is -2.31. The maximum atomic E-state index is 11.5. The highest BCUT2D eigenvalue weighted by atomic mass is 32.2. The molecular formula is C11H20N2O3S. The van der Waals surface area contributed by atoms with E-state index in [0.29, 0.717) is 19.0 Å². The Hall–Kier alpha value is -0.620. The van der Waals surface area contributed by atoms with Crippen LogP contribution < -0.4 is 5.32 Å². The average Bonchev–Trinajstić information content (AvgIpc) is 2.64. The van der Waals surface area contributed by atoms with Crippen molar-refractivity contribution in [1.29, 1.82) is 0 Å². The average molecular weight is 260 g/mol. The summed E-state index contributed by atoms with van der Waals surface area (Å²) in [6, 6.07) is 0. The molecule has 0 aliphatic carbocycles. The molecule has 2 fully saturated rings. The molecule has 2 rings (SSSR count). The van der Waals surface area contributed by atoms with Gasteiger partial charge in [-0.3, -0.25) is 4.79 Å². The zero-order chi connectivity index (χ0) is 12.5. The molecule has 6 heteroatoms. The van der Waals surface area contributed by atoms with E-state index in [-0.39, 0.29) is 11.8 Å². The lowest BCUT2D eigenvalue weighted by atomic mass is 9.88. The Kier molecular flexibility index (Phi) is 3.73. The molecule has 2 heterocycles. The lowest BCUT2D eigenvalue weighted by Crippen LogP contribution is -2.40. The molecule has 1 amide bonds. The van der Waals surface area contributed by atoms with E-state index in [2.05, 4.69) is 5.32 Å². The highest BCUT2D eigenvalue weighted by molar-refractivity contribution is 7.88. The van der Waals surface area contributed by atoms with Gasteiger partial charge < -0.3 is 5.32 Å². The summed E-state index contributed by atoms with van der Waals surface area (Å²) in [5, 5.41) is 2.83. The van der Waals surface area contributed by atoms with Gasteiger partial charge in [0, 0.05) is 25.6 Å². The van der Waals surface area contributed by atoms with Crippen LogP contribution in [0.5, 0.6) is 0 Å². The Morgan fingerprint density at radius 2 is 2.18 bits per heavy atom. The molecule has 2 atom stereocenters.